The molecule has 1 rings (SSSR count). The van der Waals surface area contributed by atoms with Crippen LogP contribution in [-0.2, 0) is 0 Å². The first kappa shape index (κ1) is 6.57. The lowest BCUT2D eigenvalue weighted by Crippen LogP contribution is -1.91. The number of benzene rings is 1. The molecule has 10 heavy (non-hydrogen) atoms. The second-order valence-corrected chi connectivity index (χ2v) is 1.82. The molecule has 0 amide bonds. The van der Waals surface area contributed by atoms with Crippen molar-refractivity contribution in [1.82, 2.24) is 0 Å². The van der Waals surface area contributed by atoms with Gasteiger partial charge in [-0.3, -0.25) is 4.79 Å². The summed E-state index contributed by atoms with van der Waals surface area (Å²) in [6.45, 7) is 0. The lowest BCUT2D eigenvalue weighted by molar-refractivity contribution is 0.105. The molecule has 1 nitrogen and oxygen atoms in total. The van der Waals surface area contributed by atoms with Crippen molar-refractivity contribution in [2.24, 2.45) is 0 Å². The van der Waals surface area contributed by atoms with Gasteiger partial charge in [-0.15, -0.1) is 0 Å². The van der Waals surface area contributed by atoms with Crippen molar-refractivity contribution in [1.29, 1.82) is 0 Å². The molecule has 0 aliphatic rings. The fraction of sp³-hybridized carbons (Fsp3) is 0. The van der Waals surface area contributed by atoms with E-state index in [4.69, 9.17) is 6.42 Å². The van der Waals surface area contributed by atoms with Crippen LogP contribution in [0.2, 0.25) is 0 Å². The van der Waals surface area contributed by atoms with Crippen LogP contribution >= 0.6 is 0 Å². The maximum Gasteiger partial charge on any atom is 0.236 e. The molecule has 1 radical (unpaired) electrons. The zero-order chi connectivity index (χ0) is 7.40. The normalized spacial score (nSPS) is 8.30. The molecule has 0 aliphatic heterocycles. The molecule has 0 N–H and O–H groups in total. The summed E-state index contributed by atoms with van der Waals surface area (Å²) in [6, 6.07) is 8.64. The van der Waals surface area contributed by atoms with Gasteiger partial charge in [-0.25, -0.2) is 0 Å². The maximum absolute atomic E-state index is 10.7. The third-order valence-corrected chi connectivity index (χ3v) is 1.15. The molecule has 1 aromatic carbocycles. The van der Waals surface area contributed by atoms with Gasteiger partial charge in [0.05, 0.1) is 0 Å². The minimum atomic E-state index is -0.374. The van der Waals surface area contributed by atoms with E-state index in [1.807, 2.05) is 6.07 Å². The van der Waals surface area contributed by atoms with Crippen molar-refractivity contribution in [2.45, 2.75) is 0 Å². The summed E-state index contributed by atoms with van der Waals surface area (Å²) in [5.41, 5.74) is 0.512. The summed E-state index contributed by atoms with van der Waals surface area (Å²) in [5, 5.41) is 0. The van der Waals surface area contributed by atoms with Gasteiger partial charge in [0.1, 0.15) is 0 Å². The van der Waals surface area contributed by atoms with Crippen LogP contribution in [-0.4, -0.2) is 5.78 Å². The first-order valence-corrected chi connectivity index (χ1v) is 2.86. The Morgan fingerprint density at radius 3 is 2.40 bits per heavy atom. The summed E-state index contributed by atoms with van der Waals surface area (Å²) in [6.07, 6.45) is 6.55. The van der Waals surface area contributed by atoms with Crippen LogP contribution in [0, 0.1) is 12.3 Å². The van der Waals surface area contributed by atoms with Crippen molar-refractivity contribution in [3.63, 3.8) is 0 Å². The fourth-order valence-corrected chi connectivity index (χ4v) is 0.662. The first-order chi connectivity index (χ1) is 4.84. The van der Waals surface area contributed by atoms with Gasteiger partial charge in [0, 0.05) is 5.56 Å². The predicted octanol–water partition coefficient (Wildman–Crippen LogP) is 1.46. The van der Waals surface area contributed by atoms with E-state index in [0.29, 0.717) is 5.56 Å². The van der Waals surface area contributed by atoms with E-state index in [1.54, 1.807) is 30.2 Å². The Hall–Kier alpha value is -1.55. The van der Waals surface area contributed by atoms with Gasteiger partial charge < -0.3 is 0 Å². The van der Waals surface area contributed by atoms with Crippen LogP contribution < -0.4 is 0 Å². The monoisotopic (exact) mass is 129 g/mol. The number of Topliss-reactive ketones (excluding diaryl/α,β-unsaturated/α-hetero) is 1. The van der Waals surface area contributed by atoms with Gasteiger partial charge in [0.25, 0.3) is 0 Å². The molecule has 0 aromatic heterocycles. The van der Waals surface area contributed by atoms with E-state index in [9.17, 15) is 4.79 Å². The van der Waals surface area contributed by atoms with Crippen LogP contribution in [0.1, 0.15) is 10.4 Å². The molecule has 0 atom stereocenters. The molecule has 0 heterocycles. The molecule has 1 aromatic rings. The van der Waals surface area contributed by atoms with Crippen LogP contribution in [0.3, 0.4) is 0 Å². The quantitative estimate of drug-likeness (QED) is 0.414. The molecule has 0 fully saturated rings. The summed E-state index contributed by atoms with van der Waals surface area (Å²) >= 11 is 0. The van der Waals surface area contributed by atoms with Crippen LogP contribution in [0.15, 0.2) is 30.3 Å². The molecule has 47 valence electrons. The Balaban J connectivity index is 2.99. The molecule has 0 saturated heterocycles. The Bertz CT molecular complexity index is 267. The average Bonchev–Trinajstić information content (AvgIpc) is 2.05. The van der Waals surface area contributed by atoms with E-state index < -0.39 is 0 Å². The Morgan fingerprint density at radius 1 is 1.30 bits per heavy atom. The zero-order valence-corrected chi connectivity index (χ0v) is 5.29. The smallest absolute Gasteiger partial charge is 0.236 e. The van der Waals surface area contributed by atoms with Crippen molar-refractivity contribution in [2.75, 3.05) is 0 Å². The van der Waals surface area contributed by atoms with E-state index in [0.717, 1.165) is 0 Å². The van der Waals surface area contributed by atoms with Crippen LogP contribution in [0.4, 0.5) is 0 Å². The van der Waals surface area contributed by atoms with Gasteiger partial charge >= 0.3 is 0 Å². The summed E-state index contributed by atoms with van der Waals surface area (Å²) in [7, 11) is 0. The lowest BCUT2D eigenvalue weighted by Gasteiger charge is -1.88. The van der Waals surface area contributed by atoms with Crippen LogP contribution in [0.25, 0.3) is 0 Å². The summed E-state index contributed by atoms with van der Waals surface area (Å²) in [4.78, 5) is 10.7. The Labute approximate surface area is 59.7 Å². The summed E-state index contributed by atoms with van der Waals surface area (Å²) in [5.74, 6) is 1.42. The molecule has 0 bridgehead atoms. The van der Waals surface area contributed by atoms with Crippen molar-refractivity contribution >= 4 is 5.78 Å². The number of rotatable bonds is 1. The number of carbonyl (C=O) groups excluding carboxylic acids is 1. The minimum Gasteiger partial charge on any atom is -0.279 e. The molecule has 0 saturated carbocycles. The van der Waals surface area contributed by atoms with E-state index in [2.05, 4.69) is 0 Å². The molecular formula is C9H5O. The lowest BCUT2D eigenvalue weighted by atomic mass is 10.1. The summed E-state index contributed by atoms with van der Waals surface area (Å²) < 4.78 is 0. The van der Waals surface area contributed by atoms with Gasteiger partial charge in [-0.1, -0.05) is 30.3 Å². The second-order valence-electron chi connectivity index (χ2n) is 1.82. The molecule has 0 spiro atoms. The Kier molecular flexibility index (Phi) is 1.86. The van der Waals surface area contributed by atoms with Crippen molar-refractivity contribution in [3.05, 3.63) is 42.3 Å². The number of carbonyl (C=O) groups is 1. The SMILES string of the molecule is [C]#CC(=O)c1ccccc1. The van der Waals surface area contributed by atoms with Gasteiger partial charge in [0.2, 0.25) is 5.78 Å². The van der Waals surface area contributed by atoms with Gasteiger partial charge in [-0.05, 0) is 12.3 Å². The highest BCUT2D eigenvalue weighted by atomic mass is 16.1. The highest BCUT2D eigenvalue weighted by Crippen LogP contribution is 1.97. The minimum absolute atomic E-state index is 0.374. The highest BCUT2D eigenvalue weighted by molar-refractivity contribution is 6.07. The fourth-order valence-electron chi connectivity index (χ4n) is 0.662. The second kappa shape index (κ2) is 2.84. The largest absolute Gasteiger partial charge is 0.279 e. The van der Waals surface area contributed by atoms with E-state index >= 15 is 0 Å². The van der Waals surface area contributed by atoms with Crippen LogP contribution in [0.5, 0.6) is 0 Å². The van der Waals surface area contributed by atoms with Gasteiger partial charge in [0.15, 0.2) is 0 Å². The number of hydrogen-bond donors (Lipinski definition) is 0. The number of ketones is 1. The molecule has 0 unspecified atom stereocenters. The highest BCUT2D eigenvalue weighted by Gasteiger charge is 1.97. The first-order valence-electron chi connectivity index (χ1n) is 2.86. The third-order valence-electron chi connectivity index (χ3n) is 1.15. The standard InChI is InChI=1S/C9H5O/c1-2-9(10)8-6-4-3-5-7-8/h3-7H. The topological polar surface area (TPSA) is 17.1 Å². The van der Waals surface area contributed by atoms with Gasteiger partial charge in [-0.2, -0.15) is 0 Å². The third kappa shape index (κ3) is 1.24. The number of hydrogen-bond acceptors (Lipinski definition) is 1. The predicted molar refractivity (Wildman–Crippen MR) is 37.9 cm³/mol. The van der Waals surface area contributed by atoms with E-state index in [1.165, 1.54) is 0 Å². The Morgan fingerprint density at radius 2 is 1.90 bits per heavy atom. The average molecular weight is 129 g/mol. The molecule has 0 aliphatic carbocycles. The molecular weight excluding hydrogens is 124 g/mol. The molecule has 1 heteroatoms. The van der Waals surface area contributed by atoms with Crippen molar-refractivity contribution in [3.8, 4) is 5.92 Å². The van der Waals surface area contributed by atoms with E-state index in [-0.39, 0.29) is 5.78 Å². The maximum atomic E-state index is 10.7. The zero-order valence-electron chi connectivity index (χ0n) is 5.29. The van der Waals surface area contributed by atoms with Crippen molar-refractivity contribution < 1.29 is 4.79 Å².